The van der Waals surface area contributed by atoms with Crippen LogP contribution >= 0.6 is 0 Å². The van der Waals surface area contributed by atoms with Crippen molar-refractivity contribution < 1.29 is 9.47 Å². The highest BCUT2D eigenvalue weighted by molar-refractivity contribution is 5.04. The molecular weight excluding hydrogens is 304 g/mol. The molecule has 0 bridgehead atoms. The first-order valence-electron chi connectivity index (χ1n) is 8.67. The fraction of sp³-hybridized carbons (Fsp3) is 0.556. The van der Waals surface area contributed by atoms with E-state index >= 15 is 0 Å². The molecular formula is C18H24N4O2. The second kappa shape index (κ2) is 7.01. The summed E-state index contributed by atoms with van der Waals surface area (Å²) in [5.41, 5.74) is 0.906. The van der Waals surface area contributed by atoms with Gasteiger partial charge in [0.1, 0.15) is 5.60 Å². The minimum atomic E-state index is -0.191. The van der Waals surface area contributed by atoms with Gasteiger partial charge in [0.2, 0.25) is 0 Å². The van der Waals surface area contributed by atoms with E-state index in [2.05, 4.69) is 21.0 Å². The van der Waals surface area contributed by atoms with Crippen molar-refractivity contribution in [2.24, 2.45) is 0 Å². The van der Waals surface area contributed by atoms with Crippen molar-refractivity contribution in [2.45, 2.75) is 37.6 Å². The summed E-state index contributed by atoms with van der Waals surface area (Å²) in [7, 11) is 0. The zero-order valence-electron chi connectivity index (χ0n) is 13.9. The predicted octanol–water partition coefficient (Wildman–Crippen LogP) is 1.73. The molecule has 4 rings (SSSR count). The molecule has 128 valence electrons. The fourth-order valence-corrected chi connectivity index (χ4v) is 3.70. The number of hydrogen-bond acceptors (Lipinski definition) is 5. The van der Waals surface area contributed by atoms with Gasteiger partial charge in [-0.2, -0.15) is 5.10 Å². The largest absolute Gasteiger partial charge is 0.377 e. The standard InChI is InChI=1S/C18H24N4O2/c1-2-7-19-16(4-1)12-21-10-11-23-15-18(14-21)6-5-17(24-18)13-22-9-3-8-20-22/h1-4,7-9,17H,5-6,10-15H2/t17-,18+/m1/s1. The van der Waals surface area contributed by atoms with Gasteiger partial charge in [0.05, 0.1) is 31.6 Å². The summed E-state index contributed by atoms with van der Waals surface area (Å²) in [5.74, 6) is 0. The van der Waals surface area contributed by atoms with Gasteiger partial charge in [0.15, 0.2) is 0 Å². The molecule has 24 heavy (non-hydrogen) atoms. The quantitative estimate of drug-likeness (QED) is 0.855. The fourth-order valence-electron chi connectivity index (χ4n) is 3.70. The third kappa shape index (κ3) is 3.66. The Hall–Kier alpha value is -1.76. The predicted molar refractivity (Wildman–Crippen MR) is 89.4 cm³/mol. The minimum Gasteiger partial charge on any atom is -0.377 e. The van der Waals surface area contributed by atoms with Crippen molar-refractivity contribution >= 4 is 0 Å². The number of ether oxygens (including phenoxy) is 2. The number of hydrogen-bond donors (Lipinski definition) is 0. The van der Waals surface area contributed by atoms with Crippen LogP contribution in [-0.2, 0) is 22.6 Å². The summed E-state index contributed by atoms with van der Waals surface area (Å²) in [6.07, 6.45) is 7.96. The van der Waals surface area contributed by atoms with Gasteiger partial charge in [-0.25, -0.2) is 0 Å². The van der Waals surface area contributed by atoms with E-state index < -0.39 is 0 Å². The van der Waals surface area contributed by atoms with E-state index in [1.54, 1.807) is 0 Å². The van der Waals surface area contributed by atoms with E-state index in [1.807, 2.05) is 41.5 Å². The average Bonchev–Trinajstić information content (AvgIpc) is 3.19. The minimum absolute atomic E-state index is 0.191. The monoisotopic (exact) mass is 328 g/mol. The van der Waals surface area contributed by atoms with E-state index in [-0.39, 0.29) is 11.7 Å². The third-order valence-electron chi connectivity index (χ3n) is 4.83. The van der Waals surface area contributed by atoms with Gasteiger partial charge in [-0.3, -0.25) is 14.6 Å². The molecule has 0 saturated carbocycles. The third-order valence-corrected chi connectivity index (χ3v) is 4.83. The SMILES string of the molecule is c1ccc(CN2CCOC[C@]3(CC[C@H](Cn4cccn4)O3)C2)nc1. The Morgan fingerprint density at radius 1 is 1.25 bits per heavy atom. The normalized spacial score (nSPS) is 28.2. The van der Waals surface area contributed by atoms with Crippen LogP contribution in [0.2, 0.25) is 0 Å². The van der Waals surface area contributed by atoms with E-state index in [4.69, 9.17) is 9.47 Å². The van der Waals surface area contributed by atoms with Crippen LogP contribution in [0.15, 0.2) is 42.9 Å². The molecule has 2 saturated heterocycles. The lowest BCUT2D eigenvalue weighted by molar-refractivity contribution is -0.0905. The number of nitrogens with zero attached hydrogens (tertiary/aromatic N) is 4. The molecule has 0 N–H and O–H groups in total. The number of pyridine rings is 1. The topological polar surface area (TPSA) is 52.4 Å². The average molecular weight is 328 g/mol. The van der Waals surface area contributed by atoms with Crippen LogP contribution < -0.4 is 0 Å². The molecule has 2 aromatic heterocycles. The van der Waals surface area contributed by atoms with Crippen molar-refractivity contribution in [3.63, 3.8) is 0 Å². The van der Waals surface area contributed by atoms with Crippen LogP contribution in [0.5, 0.6) is 0 Å². The number of rotatable bonds is 4. The zero-order valence-corrected chi connectivity index (χ0v) is 13.9. The Labute approximate surface area is 142 Å². The Morgan fingerprint density at radius 3 is 3.08 bits per heavy atom. The van der Waals surface area contributed by atoms with Gasteiger partial charge in [0, 0.05) is 38.2 Å². The summed E-state index contributed by atoms with van der Waals surface area (Å²) in [4.78, 5) is 6.86. The highest BCUT2D eigenvalue weighted by Gasteiger charge is 2.43. The van der Waals surface area contributed by atoms with Gasteiger partial charge in [-0.15, -0.1) is 0 Å². The van der Waals surface area contributed by atoms with Gasteiger partial charge in [-0.05, 0) is 31.0 Å². The van der Waals surface area contributed by atoms with Crippen molar-refractivity contribution in [3.05, 3.63) is 48.5 Å². The Morgan fingerprint density at radius 2 is 2.25 bits per heavy atom. The molecule has 0 aliphatic carbocycles. The van der Waals surface area contributed by atoms with Crippen LogP contribution in [0.4, 0.5) is 0 Å². The molecule has 6 nitrogen and oxygen atoms in total. The van der Waals surface area contributed by atoms with Crippen LogP contribution in [0.1, 0.15) is 18.5 Å². The molecule has 0 amide bonds. The van der Waals surface area contributed by atoms with Crippen LogP contribution in [0.3, 0.4) is 0 Å². The van der Waals surface area contributed by atoms with Gasteiger partial charge in [-0.1, -0.05) is 6.07 Å². The van der Waals surface area contributed by atoms with E-state index in [1.165, 1.54) is 0 Å². The lowest BCUT2D eigenvalue weighted by Crippen LogP contribution is -2.44. The van der Waals surface area contributed by atoms with Crippen LogP contribution in [-0.4, -0.2) is 57.7 Å². The van der Waals surface area contributed by atoms with Crippen molar-refractivity contribution in [1.82, 2.24) is 19.7 Å². The maximum atomic E-state index is 6.46. The molecule has 1 spiro atoms. The molecule has 2 aromatic rings. The summed E-state index contributed by atoms with van der Waals surface area (Å²) in [6.45, 7) is 4.92. The molecule has 0 aromatic carbocycles. The highest BCUT2D eigenvalue weighted by Crippen LogP contribution is 2.33. The molecule has 2 aliphatic heterocycles. The molecule has 2 fully saturated rings. The van der Waals surface area contributed by atoms with Gasteiger partial charge in [0.25, 0.3) is 0 Å². The summed E-state index contributed by atoms with van der Waals surface area (Å²) in [5, 5.41) is 4.29. The molecule has 2 atom stereocenters. The lowest BCUT2D eigenvalue weighted by atomic mass is 10.00. The maximum absolute atomic E-state index is 6.46. The Balaban J connectivity index is 1.40. The van der Waals surface area contributed by atoms with E-state index in [9.17, 15) is 0 Å². The summed E-state index contributed by atoms with van der Waals surface area (Å²) in [6, 6.07) is 8.03. The highest BCUT2D eigenvalue weighted by atomic mass is 16.6. The van der Waals surface area contributed by atoms with Crippen LogP contribution in [0, 0.1) is 0 Å². The van der Waals surface area contributed by atoms with Gasteiger partial charge < -0.3 is 9.47 Å². The van der Waals surface area contributed by atoms with Crippen LogP contribution in [0.25, 0.3) is 0 Å². The lowest BCUT2D eigenvalue weighted by Gasteiger charge is -2.31. The first kappa shape index (κ1) is 15.7. The van der Waals surface area contributed by atoms with Crippen molar-refractivity contribution in [3.8, 4) is 0 Å². The van der Waals surface area contributed by atoms with E-state index in [0.29, 0.717) is 6.61 Å². The second-order valence-corrected chi connectivity index (χ2v) is 6.77. The molecule has 0 unspecified atom stereocenters. The van der Waals surface area contributed by atoms with Crippen molar-refractivity contribution in [2.75, 3.05) is 26.3 Å². The Kier molecular flexibility index (Phi) is 4.60. The first-order chi connectivity index (χ1) is 11.8. The zero-order chi connectivity index (χ0) is 16.2. The summed E-state index contributed by atoms with van der Waals surface area (Å²) >= 11 is 0. The van der Waals surface area contributed by atoms with Gasteiger partial charge >= 0.3 is 0 Å². The summed E-state index contributed by atoms with van der Waals surface area (Å²) < 4.78 is 14.3. The van der Waals surface area contributed by atoms with E-state index in [0.717, 1.165) is 51.3 Å². The molecule has 2 aliphatic rings. The Bertz CT molecular complexity index is 634. The van der Waals surface area contributed by atoms with Crippen molar-refractivity contribution in [1.29, 1.82) is 0 Å². The number of aromatic nitrogens is 3. The second-order valence-electron chi connectivity index (χ2n) is 6.77. The first-order valence-corrected chi connectivity index (χ1v) is 8.67. The molecule has 4 heterocycles. The maximum Gasteiger partial charge on any atom is 0.105 e. The smallest absolute Gasteiger partial charge is 0.105 e. The molecule has 6 heteroatoms. The molecule has 0 radical (unpaired) electrons.